The van der Waals surface area contributed by atoms with Crippen molar-refractivity contribution in [1.29, 1.82) is 0 Å². The van der Waals surface area contributed by atoms with Crippen LogP contribution in [0.3, 0.4) is 0 Å². The Hall–Kier alpha value is -4.84. The molecule has 0 fully saturated rings. The highest BCUT2D eigenvalue weighted by molar-refractivity contribution is 7.92. The van der Waals surface area contributed by atoms with Crippen LogP contribution >= 0.6 is 0 Å². The van der Waals surface area contributed by atoms with Crippen molar-refractivity contribution in [3.05, 3.63) is 84.9 Å². The van der Waals surface area contributed by atoms with E-state index in [1.54, 1.807) is 36.4 Å². The van der Waals surface area contributed by atoms with Crippen molar-refractivity contribution >= 4 is 39.4 Å². The van der Waals surface area contributed by atoms with E-state index < -0.39 is 22.5 Å². The zero-order chi connectivity index (χ0) is 29.1. The Kier molecular flexibility index (Phi) is 10.3. The van der Waals surface area contributed by atoms with Crippen LogP contribution in [0, 0.1) is 0 Å². The van der Waals surface area contributed by atoms with Crippen molar-refractivity contribution in [3.63, 3.8) is 0 Å². The number of carbonyl (C=O) groups excluding carboxylic acids is 2. The van der Waals surface area contributed by atoms with E-state index in [0.29, 0.717) is 35.1 Å². The molecular weight excluding hydrogens is 536 g/mol. The average molecular weight is 567 g/mol. The Morgan fingerprint density at radius 2 is 1.68 bits per heavy atom. The summed E-state index contributed by atoms with van der Waals surface area (Å²) < 4.78 is 44.1. The summed E-state index contributed by atoms with van der Waals surface area (Å²) in [4.78, 5) is 24.1. The zero-order valence-electron chi connectivity index (χ0n) is 22.3. The molecule has 0 aliphatic heterocycles. The molecule has 3 aromatic rings. The van der Waals surface area contributed by atoms with E-state index in [9.17, 15) is 18.0 Å². The van der Waals surface area contributed by atoms with Crippen LogP contribution in [0.15, 0.2) is 89.4 Å². The van der Waals surface area contributed by atoms with E-state index in [4.69, 9.17) is 14.2 Å². The van der Waals surface area contributed by atoms with E-state index in [1.165, 1.54) is 63.8 Å². The standard InChI is InChI=1S/C28H30N4O7S/c1-5-16-39-26-15-6-21(17-27(26)38-4)18-29-31-28(34)19-32(23-9-11-24(37-3)12-10-23)40(35,36)25-13-7-22(8-14-25)30-20(2)33/h5-15,17-18H,1,16,19H2,2-4H3,(H,30,33)(H,31,34)/b29-18-. The first-order valence-corrected chi connectivity index (χ1v) is 13.4. The zero-order valence-corrected chi connectivity index (χ0v) is 23.1. The number of sulfonamides is 1. The topological polar surface area (TPSA) is 136 Å². The van der Waals surface area contributed by atoms with Gasteiger partial charge in [-0.3, -0.25) is 13.9 Å². The predicted molar refractivity (Wildman–Crippen MR) is 153 cm³/mol. The van der Waals surface area contributed by atoms with Crippen LogP contribution in [0.1, 0.15) is 12.5 Å². The smallest absolute Gasteiger partial charge is 0.264 e. The van der Waals surface area contributed by atoms with E-state index in [-0.39, 0.29) is 16.5 Å². The maximum absolute atomic E-state index is 13.6. The largest absolute Gasteiger partial charge is 0.497 e. The second kappa shape index (κ2) is 13.8. The lowest BCUT2D eigenvalue weighted by molar-refractivity contribution is -0.119. The summed E-state index contributed by atoms with van der Waals surface area (Å²) in [5.74, 6) is 0.546. The van der Waals surface area contributed by atoms with Crippen LogP contribution in [0.4, 0.5) is 11.4 Å². The number of hydrogen-bond acceptors (Lipinski definition) is 8. The van der Waals surface area contributed by atoms with E-state index >= 15 is 0 Å². The molecule has 2 N–H and O–H groups in total. The summed E-state index contributed by atoms with van der Waals surface area (Å²) >= 11 is 0. The van der Waals surface area contributed by atoms with Crippen molar-refractivity contribution in [2.24, 2.45) is 5.10 Å². The number of ether oxygens (including phenoxy) is 3. The van der Waals surface area contributed by atoms with Gasteiger partial charge in [-0.15, -0.1) is 0 Å². The van der Waals surface area contributed by atoms with Gasteiger partial charge in [0.2, 0.25) is 5.91 Å². The summed E-state index contributed by atoms with van der Waals surface area (Å²) in [5, 5.41) is 6.54. The molecule has 3 rings (SSSR count). The van der Waals surface area contributed by atoms with Gasteiger partial charge in [-0.2, -0.15) is 5.10 Å². The van der Waals surface area contributed by atoms with E-state index in [2.05, 4.69) is 22.4 Å². The maximum Gasteiger partial charge on any atom is 0.264 e. The highest BCUT2D eigenvalue weighted by Gasteiger charge is 2.27. The third-order valence-corrected chi connectivity index (χ3v) is 7.15. The number of anilines is 2. The molecule has 40 heavy (non-hydrogen) atoms. The lowest BCUT2D eigenvalue weighted by Gasteiger charge is -2.24. The van der Waals surface area contributed by atoms with Gasteiger partial charge in [0.25, 0.3) is 15.9 Å². The molecule has 0 aromatic heterocycles. The fraction of sp³-hybridized carbons (Fsp3) is 0.179. The number of benzene rings is 3. The molecule has 0 aliphatic carbocycles. The molecule has 210 valence electrons. The molecule has 0 heterocycles. The quantitative estimate of drug-likeness (QED) is 0.183. The Morgan fingerprint density at radius 3 is 2.27 bits per heavy atom. The lowest BCUT2D eigenvalue weighted by atomic mass is 10.2. The van der Waals surface area contributed by atoms with Crippen LogP contribution in [0.2, 0.25) is 0 Å². The summed E-state index contributed by atoms with van der Waals surface area (Å²) in [6.07, 6.45) is 3.01. The van der Waals surface area contributed by atoms with Gasteiger partial charge >= 0.3 is 0 Å². The van der Waals surface area contributed by atoms with Crippen molar-refractivity contribution in [1.82, 2.24) is 5.43 Å². The average Bonchev–Trinajstić information content (AvgIpc) is 2.95. The first-order chi connectivity index (χ1) is 19.2. The molecule has 0 bridgehead atoms. The molecule has 2 amide bonds. The molecule has 0 radical (unpaired) electrons. The summed E-state index contributed by atoms with van der Waals surface area (Å²) in [6.45, 7) is 4.71. The molecule has 0 spiro atoms. The van der Waals surface area contributed by atoms with Crippen molar-refractivity contribution in [2.45, 2.75) is 11.8 Å². The number of hydrazone groups is 1. The minimum Gasteiger partial charge on any atom is -0.497 e. The minimum absolute atomic E-state index is 0.0698. The highest BCUT2D eigenvalue weighted by Crippen LogP contribution is 2.28. The first-order valence-electron chi connectivity index (χ1n) is 12.0. The Balaban J connectivity index is 1.81. The number of methoxy groups -OCH3 is 2. The SMILES string of the molecule is C=CCOc1ccc(/C=N\NC(=O)CN(c2ccc(OC)cc2)S(=O)(=O)c2ccc(NC(C)=O)cc2)cc1OC. The van der Waals surface area contributed by atoms with Crippen molar-refractivity contribution in [2.75, 3.05) is 37.0 Å². The van der Waals surface area contributed by atoms with Gasteiger partial charge in [0.05, 0.1) is 31.0 Å². The van der Waals surface area contributed by atoms with E-state index in [0.717, 1.165) is 4.31 Å². The fourth-order valence-corrected chi connectivity index (χ4v) is 4.90. The second-order valence-electron chi connectivity index (χ2n) is 8.22. The molecule has 12 heteroatoms. The number of hydrogen-bond donors (Lipinski definition) is 2. The van der Waals surface area contributed by atoms with Gasteiger partial charge in [-0.1, -0.05) is 12.7 Å². The van der Waals surface area contributed by atoms with Crippen molar-refractivity contribution < 1.29 is 32.2 Å². The van der Waals surface area contributed by atoms with Gasteiger partial charge in [0.1, 0.15) is 18.9 Å². The molecule has 0 aliphatic rings. The van der Waals surface area contributed by atoms with Gasteiger partial charge in [-0.25, -0.2) is 13.8 Å². The Labute approximate surface area is 233 Å². The lowest BCUT2D eigenvalue weighted by Crippen LogP contribution is -2.39. The maximum atomic E-state index is 13.6. The number of nitrogens with zero attached hydrogens (tertiary/aromatic N) is 2. The van der Waals surface area contributed by atoms with Crippen LogP contribution in [-0.2, 0) is 19.6 Å². The van der Waals surface area contributed by atoms with Gasteiger partial charge in [0.15, 0.2) is 11.5 Å². The summed E-state index contributed by atoms with van der Waals surface area (Å²) in [7, 11) is -1.19. The van der Waals surface area contributed by atoms with Gasteiger partial charge in [-0.05, 0) is 72.3 Å². The number of carbonyl (C=O) groups is 2. The molecule has 11 nitrogen and oxygen atoms in total. The minimum atomic E-state index is -4.18. The van der Waals surface area contributed by atoms with E-state index in [1.807, 2.05) is 0 Å². The van der Waals surface area contributed by atoms with Crippen LogP contribution in [0.25, 0.3) is 0 Å². The molecule has 0 unspecified atom stereocenters. The van der Waals surface area contributed by atoms with Crippen LogP contribution in [-0.4, -0.2) is 53.8 Å². The number of amides is 2. The third kappa shape index (κ3) is 7.84. The molecule has 0 saturated carbocycles. The van der Waals surface area contributed by atoms with Crippen LogP contribution in [0.5, 0.6) is 17.2 Å². The molecule has 0 atom stereocenters. The monoisotopic (exact) mass is 566 g/mol. The summed E-state index contributed by atoms with van der Waals surface area (Å²) in [6, 6.07) is 16.9. The number of rotatable bonds is 13. The molecule has 3 aromatic carbocycles. The fourth-order valence-electron chi connectivity index (χ4n) is 3.48. The normalized spacial score (nSPS) is 11.0. The van der Waals surface area contributed by atoms with Gasteiger partial charge in [0, 0.05) is 12.6 Å². The Bertz CT molecular complexity index is 1470. The molecular formula is C28H30N4O7S. The number of nitrogens with one attached hydrogen (secondary N) is 2. The second-order valence-corrected chi connectivity index (χ2v) is 10.1. The summed E-state index contributed by atoms with van der Waals surface area (Å²) in [5.41, 5.74) is 3.65. The van der Waals surface area contributed by atoms with Crippen LogP contribution < -0.4 is 29.3 Å². The first kappa shape index (κ1) is 29.7. The highest BCUT2D eigenvalue weighted by atomic mass is 32.2. The molecule has 0 saturated heterocycles. The predicted octanol–water partition coefficient (Wildman–Crippen LogP) is 3.57. The Morgan fingerprint density at radius 1 is 0.975 bits per heavy atom. The van der Waals surface area contributed by atoms with Crippen molar-refractivity contribution in [3.8, 4) is 17.2 Å². The third-order valence-electron chi connectivity index (χ3n) is 5.36. The van der Waals surface area contributed by atoms with Gasteiger partial charge < -0.3 is 19.5 Å².